The highest BCUT2D eigenvalue weighted by Crippen LogP contribution is 2.29. The van der Waals surface area contributed by atoms with Crippen LogP contribution in [-0.4, -0.2) is 28.7 Å². The van der Waals surface area contributed by atoms with Gasteiger partial charge in [0.15, 0.2) is 0 Å². The molecule has 0 radical (unpaired) electrons. The highest BCUT2D eigenvalue weighted by molar-refractivity contribution is 5.85. The Morgan fingerprint density at radius 2 is 1.70 bits per heavy atom. The summed E-state index contributed by atoms with van der Waals surface area (Å²) in [5, 5.41) is 0. The van der Waals surface area contributed by atoms with Crippen LogP contribution in [0.2, 0.25) is 0 Å². The lowest BCUT2D eigenvalue weighted by Crippen LogP contribution is -2.19. The normalized spacial score (nSPS) is 14.7. The first-order valence-electron chi connectivity index (χ1n) is 9.39. The van der Waals surface area contributed by atoms with E-state index in [0.717, 1.165) is 24.4 Å². The van der Waals surface area contributed by atoms with Gasteiger partial charge in [-0.15, -0.1) is 5.73 Å². The lowest BCUT2D eigenvalue weighted by Gasteiger charge is -2.21. The predicted molar refractivity (Wildman–Crippen MR) is 114 cm³/mol. The van der Waals surface area contributed by atoms with E-state index in [9.17, 15) is 0 Å². The van der Waals surface area contributed by atoms with Crippen molar-refractivity contribution in [1.29, 1.82) is 0 Å². The SMILES string of the molecule is C=C=C(c1ccc(-c2ccncc2)cc1)N1CC(C)=C(N=C(C)C(C)C)C1. The second-order valence-corrected chi connectivity index (χ2v) is 7.33. The van der Waals surface area contributed by atoms with Crippen LogP contribution in [0, 0.1) is 5.92 Å². The molecular weight excluding hydrogens is 330 g/mol. The molecule has 3 rings (SSSR count). The number of aliphatic imine (C=N–C) groups is 1. The van der Waals surface area contributed by atoms with E-state index in [1.807, 2.05) is 24.5 Å². The van der Waals surface area contributed by atoms with Crippen molar-refractivity contribution >= 4 is 11.4 Å². The molecule has 1 aliphatic rings. The van der Waals surface area contributed by atoms with Gasteiger partial charge in [-0.05, 0) is 48.6 Å². The Hall–Kier alpha value is -2.90. The zero-order chi connectivity index (χ0) is 19.4. The number of aromatic nitrogens is 1. The third kappa shape index (κ3) is 4.27. The first kappa shape index (κ1) is 18.9. The summed E-state index contributed by atoms with van der Waals surface area (Å²) in [5.41, 5.74) is 11.3. The van der Waals surface area contributed by atoms with Gasteiger partial charge < -0.3 is 4.90 Å². The van der Waals surface area contributed by atoms with Crippen molar-refractivity contribution < 1.29 is 0 Å². The van der Waals surface area contributed by atoms with Gasteiger partial charge in [-0.1, -0.05) is 44.7 Å². The van der Waals surface area contributed by atoms with Gasteiger partial charge in [0.25, 0.3) is 0 Å². The fourth-order valence-corrected chi connectivity index (χ4v) is 3.14. The largest absolute Gasteiger partial charge is 0.355 e. The van der Waals surface area contributed by atoms with Crippen LogP contribution in [0.25, 0.3) is 16.8 Å². The Morgan fingerprint density at radius 3 is 2.30 bits per heavy atom. The predicted octanol–water partition coefficient (Wildman–Crippen LogP) is 5.58. The van der Waals surface area contributed by atoms with Crippen molar-refractivity contribution in [2.24, 2.45) is 10.9 Å². The molecule has 138 valence electrons. The van der Waals surface area contributed by atoms with Gasteiger partial charge >= 0.3 is 0 Å². The Morgan fingerprint density at radius 1 is 1.07 bits per heavy atom. The van der Waals surface area contributed by atoms with Crippen LogP contribution in [0.4, 0.5) is 0 Å². The average molecular weight is 358 g/mol. The topological polar surface area (TPSA) is 28.5 Å². The van der Waals surface area contributed by atoms with Gasteiger partial charge in [0.1, 0.15) is 0 Å². The maximum atomic E-state index is 4.86. The van der Waals surface area contributed by atoms with E-state index in [2.05, 4.69) is 74.2 Å². The number of rotatable bonds is 5. The minimum atomic E-state index is 0.467. The van der Waals surface area contributed by atoms with Crippen LogP contribution in [-0.2, 0) is 0 Å². The van der Waals surface area contributed by atoms with Crippen LogP contribution in [0.1, 0.15) is 33.3 Å². The third-order valence-electron chi connectivity index (χ3n) is 5.06. The summed E-state index contributed by atoms with van der Waals surface area (Å²) in [6.07, 6.45) is 3.64. The number of hydrogen-bond acceptors (Lipinski definition) is 3. The summed E-state index contributed by atoms with van der Waals surface area (Å²) in [5.74, 6) is 0.467. The van der Waals surface area contributed by atoms with Crippen molar-refractivity contribution in [3.8, 4) is 11.1 Å². The van der Waals surface area contributed by atoms with E-state index < -0.39 is 0 Å². The molecular formula is C24H27N3. The molecule has 0 unspecified atom stereocenters. The minimum Gasteiger partial charge on any atom is -0.355 e. The fraction of sp³-hybridized carbons (Fsp3) is 0.292. The van der Waals surface area contributed by atoms with Crippen molar-refractivity contribution in [1.82, 2.24) is 9.88 Å². The average Bonchev–Trinajstić information content (AvgIpc) is 3.03. The molecule has 0 saturated heterocycles. The summed E-state index contributed by atoms with van der Waals surface area (Å²) in [6.45, 7) is 14.2. The molecule has 0 bridgehead atoms. The monoisotopic (exact) mass is 357 g/mol. The number of pyridine rings is 1. The molecule has 0 N–H and O–H groups in total. The molecule has 0 fully saturated rings. The summed E-state index contributed by atoms with van der Waals surface area (Å²) in [6, 6.07) is 12.6. The maximum absolute atomic E-state index is 4.86. The van der Waals surface area contributed by atoms with E-state index in [-0.39, 0.29) is 0 Å². The van der Waals surface area contributed by atoms with Crippen molar-refractivity contribution in [3.05, 3.63) is 77.9 Å². The van der Waals surface area contributed by atoms with E-state index in [1.54, 1.807) is 0 Å². The number of benzene rings is 1. The zero-order valence-corrected chi connectivity index (χ0v) is 16.7. The van der Waals surface area contributed by atoms with Gasteiger partial charge in [0, 0.05) is 30.2 Å². The third-order valence-corrected chi connectivity index (χ3v) is 5.06. The fourth-order valence-electron chi connectivity index (χ4n) is 3.14. The van der Waals surface area contributed by atoms with Crippen molar-refractivity contribution in [3.63, 3.8) is 0 Å². The van der Waals surface area contributed by atoms with Gasteiger partial charge in [-0.25, -0.2) is 0 Å². The van der Waals surface area contributed by atoms with Gasteiger partial charge in [0.05, 0.1) is 17.9 Å². The van der Waals surface area contributed by atoms with Crippen LogP contribution in [0.3, 0.4) is 0 Å². The first-order chi connectivity index (χ1) is 13.0. The molecule has 27 heavy (non-hydrogen) atoms. The van der Waals surface area contributed by atoms with Gasteiger partial charge in [-0.2, -0.15) is 0 Å². The molecule has 1 aromatic heterocycles. The smallest absolute Gasteiger partial charge is 0.0873 e. The van der Waals surface area contributed by atoms with E-state index in [1.165, 1.54) is 28.1 Å². The van der Waals surface area contributed by atoms with E-state index >= 15 is 0 Å². The minimum absolute atomic E-state index is 0.467. The summed E-state index contributed by atoms with van der Waals surface area (Å²) in [4.78, 5) is 11.2. The van der Waals surface area contributed by atoms with Crippen LogP contribution < -0.4 is 0 Å². The molecule has 0 amide bonds. The molecule has 0 atom stereocenters. The standard InChI is InChI=1S/C24H27N3/c1-6-24(27-15-18(4)23(16-27)26-19(5)17(2)3)22-9-7-20(8-10-22)21-11-13-25-14-12-21/h7-14,17H,1,15-16H2,2-5H3. The van der Waals surface area contributed by atoms with Crippen LogP contribution >= 0.6 is 0 Å². The Balaban J connectivity index is 1.79. The molecule has 1 aromatic carbocycles. The highest BCUT2D eigenvalue weighted by Gasteiger charge is 2.22. The van der Waals surface area contributed by atoms with Crippen LogP contribution in [0.15, 0.2) is 77.4 Å². The maximum Gasteiger partial charge on any atom is 0.0873 e. The molecule has 3 heteroatoms. The molecule has 0 aliphatic carbocycles. The second-order valence-electron chi connectivity index (χ2n) is 7.33. The van der Waals surface area contributed by atoms with Crippen molar-refractivity contribution in [2.75, 3.05) is 13.1 Å². The second kappa shape index (κ2) is 8.20. The zero-order valence-electron chi connectivity index (χ0n) is 16.7. The van der Waals surface area contributed by atoms with E-state index in [4.69, 9.17) is 4.99 Å². The Labute approximate surface area is 162 Å². The first-order valence-corrected chi connectivity index (χ1v) is 9.39. The molecule has 3 nitrogen and oxygen atoms in total. The van der Waals surface area contributed by atoms with Crippen molar-refractivity contribution in [2.45, 2.75) is 27.7 Å². The van der Waals surface area contributed by atoms with Crippen LogP contribution in [0.5, 0.6) is 0 Å². The molecule has 2 heterocycles. The van der Waals surface area contributed by atoms with E-state index in [0.29, 0.717) is 5.92 Å². The summed E-state index contributed by atoms with van der Waals surface area (Å²) < 4.78 is 0. The highest BCUT2D eigenvalue weighted by atomic mass is 15.2. The quantitative estimate of drug-likeness (QED) is 0.516. The summed E-state index contributed by atoms with van der Waals surface area (Å²) in [7, 11) is 0. The number of hydrogen-bond donors (Lipinski definition) is 0. The van der Waals surface area contributed by atoms with Gasteiger partial charge in [-0.3, -0.25) is 9.98 Å². The molecule has 0 saturated carbocycles. The lowest BCUT2D eigenvalue weighted by molar-refractivity contribution is 0.500. The Bertz CT molecular complexity index is 912. The number of nitrogens with zero attached hydrogens (tertiary/aromatic N) is 3. The van der Waals surface area contributed by atoms with Gasteiger partial charge in [0.2, 0.25) is 0 Å². The molecule has 2 aromatic rings. The molecule has 0 spiro atoms. The summed E-state index contributed by atoms with van der Waals surface area (Å²) >= 11 is 0. The lowest BCUT2D eigenvalue weighted by atomic mass is 10.0. The Kier molecular flexibility index (Phi) is 5.73. The molecule has 1 aliphatic heterocycles.